The van der Waals surface area contributed by atoms with Crippen molar-refractivity contribution < 1.29 is 9.90 Å². The van der Waals surface area contributed by atoms with Crippen LogP contribution in [0.5, 0.6) is 0 Å². The van der Waals surface area contributed by atoms with Crippen LogP contribution in [0.1, 0.15) is 45.4 Å². The van der Waals surface area contributed by atoms with E-state index in [-0.39, 0.29) is 0 Å². The molecule has 2 aliphatic heterocycles. The van der Waals surface area contributed by atoms with E-state index in [4.69, 9.17) is 5.11 Å². The summed E-state index contributed by atoms with van der Waals surface area (Å²) in [5, 5.41) is 12.6. The summed E-state index contributed by atoms with van der Waals surface area (Å²) < 4.78 is 0. The minimum atomic E-state index is -0.623. The zero-order valence-corrected chi connectivity index (χ0v) is 9.41. The normalized spacial score (nSPS) is 39.3. The summed E-state index contributed by atoms with van der Waals surface area (Å²) in [5.41, 5.74) is 0. The number of carboxylic acids is 1. The fourth-order valence-electron chi connectivity index (χ4n) is 3.47. The van der Waals surface area contributed by atoms with Gasteiger partial charge >= 0.3 is 5.97 Å². The Kier molecular flexibility index (Phi) is 3.29. The predicted molar refractivity (Wildman–Crippen MR) is 58.7 cm³/mol. The zero-order valence-electron chi connectivity index (χ0n) is 9.41. The molecule has 2 heterocycles. The van der Waals surface area contributed by atoms with Gasteiger partial charge in [0.05, 0.1) is 0 Å². The van der Waals surface area contributed by atoms with Crippen molar-refractivity contribution in [1.29, 1.82) is 0 Å². The van der Waals surface area contributed by atoms with Crippen LogP contribution < -0.4 is 5.32 Å². The number of fused-ring (bicyclic) bond motifs is 2. The maximum Gasteiger partial charge on any atom is 0.303 e. The van der Waals surface area contributed by atoms with Gasteiger partial charge in [-0.2, -0.15) is 0 Å². The predicted octanol–water partition coefficient (Wildman–Crippen LogP) is 2.02. The van der Waals surface area contributed by atoms with Gasteiger partial charge in [0.1, 0.15) is 0 Å². The Bertz CT molecular complexity index is 242. The molecule has 2 N–H and O–H groups in total. The highest BCUT2D eigenvalue weighted by Crippen LogP contribution is 2.39. The summed E-state index contributed by atoms with van der Waals surface area (Å²) in [6, 6.07) is 1.21. The molecule has 2 saturated heterocycles. The lowest BCUT2D eigenvalue weighted by atomic mass is 9.77. The van der Waals surface area contributed by atoms with E-state index < -0.39 is 5.97 Å². The molecule has 3 nitrogen and oxygen atoms in total. The number of piperidine rings is 1. The minimum Gasteiger partial charge on any atom is -0.481 e. The van der Waals surface area contributed by atoms with Crippen LogP contribution in [0.25, 0.3) is 0 Å². The van der Waals surface area contributed by atoms with Crippen LogP contribution in [0.4, 0.5) is 0 Å². The van der Waals surface area contributed by atoms with Crippen LogP contribution in [-0.4, -0.2) is 23.2 Å². The molecule has 0 aromatic heterocycles. The van der Waals surface area contributed by atoms with Crippen LogP contribution in [0.15, 0.2) is 0 Å². The average Bonchev–Trinajstić information content (AvgIpc) is 2.55. The Morgan fingerprint density at radius 1 is 1.47 bits per heavy atom. The largest absolute Gasteiger partial charge is 0.481 e. The summed E-state index contributed by atoms with van der Waals surface area (Å²) in [4.78, 5) is 10.8. The van der Waals surface area contributed by atoms with Gasteiger partial charge in [0.25, 0.3) is 0 Å². The second-order valence-corrected chi connectivity index (χ2v) is 5.09. The highest BCUT2D eigenvalue weighted by atomic mass is 16.4. The first-order valence-corrected chi connectivity index (χ1v) is 6.18. The van der Waals surface area contributed by atoms with Crippen molar-refractivity contribution in [3.63, 3.8) is 0 Å². The third-order valence-electron chi connectivity index (χ3n) is 4.04. The molecule has 0 saturated carbocycles. The van der Waals surface area contributed by atoms with Crippen molar-refractivity contribution in [3.8, 4) is 0 Å². The molecule has 3 heteroatoms. The van der Waals surface area contributed by atoms with Crippen molar-refractivity contribution in [3.05, 3.63) is 0 Å². The van der Waals surface area contributed by atoms with Crippen LogP contribution >= 0.6 is 0 Å². The van der Waals surface area contributed by atoms with E-state index in [2.05, 4.69) is 12.2 Å². The second kappa shape index (κ2) is 4.52. The van der Waals surface area contributed by atoms with Gasteiger partial charge in [0, 0.05) is 18.5 Å². The van der Waals surface area contributed by atoms with E-state index in [9.17, 15) is 4.79 Å². The molecule has 0 amide bonds. The molecule has 2 aliphatic rings. The van der Waals surface area contributed by atoms with Gasteiger partial charge in [0.15, 0.2) is 0 Å². The van der Waals surface area contributed by atoms with Crippen LogP contribution in [-0.2, 0) is 4.79 Å². The van der Waals surface area contributed by atoms with Gasteiger partial charge in [-0.25, -0.2) is 0 Å². The van der Waals surface area contributed by atoms with E-state index in [1.807, 2.05) is 0 Å². The molecule has 4 unspecified atom stereocenters. The van der Waals surface area contributed by atoms with Gasteiger partial charge in [-0.15, -0.1) is 0 Å². The molecule has 4 atom stereocenters. The summed E-state index contributed by atoms with van der Waals surface area (Å²) in [5.74, 6) is 0.397. The summed E-state index contributed by atoms with van der Waals surface area (Å²) in [6.45, 7) is 2.19. The lowest BCUT2D eigenvalue weighted by Crippen LogP contribution is -2.45. The van der Waals surface area contributed by atoms with Crippen molar-refractivity contribution in [1.82, 2.24) is 5.32 Å². The lowest BCUT2D eigenvalue weighted by molar-refractivity contribution is -0.139. The molecule has 15 heavy (non-hydrogen) atoms. The molecule has 0 aromatic rings. The molecular weight excluding hydrogens is 190 g/mol. The molecule has 0 aromatic carbocycles. The third-order valence-corrected chi connectivity index (χ3v) is 4.04. The van der Waals surface area contributed by atoms with E-state index in [1.54, 1.807) is 0 Å². The Hall–Kier alpha value is -0.570. The van der Waals surface area contributed by atoms with E-state index in [0.717, 1.165) is 6.42 Å². The number of rotatable bonds is 4. The molecule has 2 bridgehead atoms. The monoisotopic (exact) mass is 211 g/mol. The Morgan fingerprint density at radius 3 is 2.93 bits per heavy atom. The van der Waals surface area contributed by atoms with Gasteiger partial charge in [-0.05, 0) is 37.5 Å². The number of nitrogens with one attached hydrogen (secondary N) is 1. The second-order valence-electron chi connectivity index (χ2n) is 5.09. The van der Waals surface area contributed by atoms with Crippen molar-refractivity contribution in [2.45, 2.75) is 57.5 Å². The first kappa shape index (κ1) is 10.9. The highest BCUT2D eigenvalue weighted by molar-refractivity contribution is 5.67. The van der Waals surface area contributed by atoms with Crippen molar-refractivity contribution in [2.75, 3.05) is 0 Å². The van der Waals surface area contributed by atoms with Gasteiger partial charge in [-0.3, -0.25) is 4.79 Å². The summed E-state index contributed by atoms with van der Waals surface area (Å²) >= 11 is 0. The Morgan fingerprint density at radius 2 is 2.27 bits per heavy atom. The van der Waals surface area contributed by atoms with Crippen LogP contribution in [0.3, 0.4) is 0 Å². The standard InChI is InChI=1S/C12H21NO2/c1-2-3-10-8(7-12(14)15)6-9-4-5-11(10)13-9/h8-11,13H,2-7H2,1H3,(H,14,15). The number of aliphatic carboxylic acids is 1. The fraction of sp³-hybridized carbons (Fsp3) is 0.917. The Labute approximate surface area is 91.2 Å². The van der Waals surface area contributed by atoms with Crippen LogP contribution in [0, 0.1) is 11.8 Å². The lowest BCUT2D eigenvalue weighted by Gasteiger charge is -2.37. The fourth-order valence-corrected chi connectivity index (χ4v) is 3.47. The zero-order chi connectivity index (χ0) is 10.8. The molecule has 0 spiro atoms. The number of hydrogen-bond acceptors (Lipinski definition) is 2. The molecule has 86 valence electrons. The first-order chi connectivity index (χ1) is 7.20. The van der Waals surface area contributed by atoms with E-state index >= 15 is 0 Å². The van der Waals surface area contributed by atoms with E-state index in [0.29, 0.717) is 30.3 Å². The SMILES string of the molecule is CCCC1C(CC(=O)O)CC2CCC1N2. The Balaban J connectivity index is 2.02. The van der Waals surface area contributed by atoms with Gasteiger partial charge in [0.2, 0.25) is 0 Å². The summed E-state index contributed by atoms with van der Waals surface area (Å²) in [6.07, 6.45) is 6.31. The summed E-state index contributed by atoms with van der Waals surface area (Å²) in [7, 11) is 0. The molecular formula is C12H21NO2. The van der Waals surface area contributed by atoms with Gasteiger partial charge < -0.3 is 10.4 Å². The maximum atomic E-state index is 10.8. The molecule has 0 radical (unpaired) electrons. The quantitative estimate of drug-likeness (QED) is 0.748. The van der Waals surface area contributed by atoms with E-state index in [1.165, 1.54) is 25.7 Å². The number of hydrogen-bond donors (Lipinski definition) is 2. The van der Waals surface area contributed by atoms with Gasteiger partial charge in [-0.1, -0.05) is 13.3 Å². The topological polar surface area (TPSA) is 49.3 Å². The highest BCUT2D eigenvalue weighted by Gasteiger charge is 2.41. The number of carbonyl (C=O) groups is 1. The minimum absolute atomic E-state index is 0.374. The molecule has 0 aliphatic carbocycles. The smallest absolute Gasteiger partial charge is 0.303 e. The molecule has 2 rings (SSSR count). The first-order valence-electron chi connectivity index (χ1n) is 6.18. The third kappa shape index (κ3) is 2.33. The van der Waals surface area contributed by atoms with Crippen molar-refractivity contribution >= 4 is 5.97 Å². The van der Waals surface area contributed by atoms with Crippen LogP contribution in [0.2, 0.25) is 0 Å². The number of carboxylic acid groups (broad SMARTS) is 1. The average molecular weight is 211 g/mol. The maximum absolute atomic E-state index is 10.8. The van der Waals surface area contributed by atoms with Crippen molar-refractivity contribution in [2.24, 2.45) is 11.8 Å². The molecule has 2 fully saturated rings.